The minimum absolute atomic E-state index is 0.297. The van der Waals surface area contributed by atoms with Crippen molar-refractivity contribution in [1.29, 1.82) is 0 Å². The highest BCUT2D eigenvalue weighted by Crippen LogP contribution is 2.21. The molecular formula is C13H26N2O4S. The van der Waals surface area contributed by atoms with Crippen LogP contribution in [0.15, 0.2) is 0 Å². The van der Waals surface area contributed by atoms with Gasteiger partial charge in [0.2, 0.25) is 10.0 Å². The summed E-state index contributed by atoms with van der Waals surface area (Å²) >= 11 is 0. The van der Waals surface area contributed by atoms with Gasteiger partial charge in [0.15, 0.2) is 5.25 Å². The molecular weight excluding hydrogens is 280 g/mol. The highest BCUT2D eigenvalue weighted by molar-refractivity contribution is 7.90. The van der Waals surface area contributed by atoms with Crippen LogP contribution >= 0.6 is 0 Å². The minimum Gasteiger partial charge on any atom is -0.468 e. The smallest absolute Gasteiger partial charge is 0.325 e. The summed E-state index contributed by atoms with van der Waals surface area (Å²) in [5.41, 5.74) is 0. The first-order chi connectivity index (χ1) is 9.28. The highest BCUT2D eigenvalue weighted by Gasteiger charge is 2.37. The Balaban J connectivity index is 2.68. The van der Waals surface area contributed by atoms with Gasteiger partial charge in [0.25, 0.3) is 0 Å². The number of nitrogens with zero attached hydrogens (tertiary/aromatic N) is 1. The van der Waals surface area contributed by atoms with E-state index < -0.39 is 21.2 Å². The summed E-state index contributed by atoms with van der Waals surface area (Å²) in [7, 11) is -2.41. The summed E-state index contributed by atoms with van der Waals surface area (Å²) in [4.78, 5) is 11.5. The fourth-order valence-corrected chi connectivity index (χ4v) is 3.93. The third kappa shape index (κ3) is 4.43. The minimum atomic E-state index is -3.61. The largest absolute Gasteiger partial charge is 0.468 e. The van der Waals surface area contributed by atoms with Crippen LogP contribution < -0.4 is 5.32 Å². The maximum Gasteiger partial charge on any atom is 0.325 e. The van der Waals surface area contributed by atoms with Gasteiger partial charge in [-0.15, -0.1) is 0 Å². The van der Waals surface area contributed by atoms with E-state index in [-0.39, 0.29) is 0 Å². The molecule has 0 aromatic rings. The van der Waals surface area contributed by atoms with Gasteiger partial charge >= 0.3 is 5.97 Å². The van der Waals surface area contributed by atoms with Crippen molar-refractivity contribution in [2.45, 2.75) is 44.9 Å². The monoisotopic (exact) mass is 306 g/mol. The number of methoxy groups -OCH3 is 1. The molecule has 0 bridgehead atoms. The zero-order chi connectivity index (χ0) is 15.3. The average Bonchev–Trinajstić information content (AvgIpc) is 2.43. The summed E-state index contributed by atoms with van der Waals surface area (Å²) in [6.07, 6.45) is 1.84. The van der Waals surface area contributed by atoms with Gasteiger partial charge in [-0.1, -0.05) is 13.8 Å². The Morgan fingerprint density at radius 1 is 1.40 bits per heavy atom. The molecule has 7 heteroatoms. The summed E-state index contributed by atoms with van der Waals surface area (Å²) in [5, 5.41) is 2.20. The second-order valence-corrected chi connectivity index (χ2v) is 7.89. The Morgan fingerprint density at radius 3 is 2.60 bits per heavy atom. The zero-order valence-corrected chi connectivity index (χ0v) is 13.6. The molecule has 1 aliphatic rings. The Bertz CT molecular complexity index is 422. The van der Waals surface area contributed by atoms with Crippen LogP contribution in [0.1, 0.15) is 33.6 Å². The molecule has 20 heavy (non-hydrogen) atoms. The molecule has 1 fully saturated rings. The number of piperidine rings is 1. The number of hydrogen-bond donors (Lipinski definition) is 1. The topological polar surface area (TPSA) is 75.7 Å². The molecule has 2 atom stereocenters. The van der Waals surface area contributed by atoms with Crippen LogP contribution in [0.3, 0.4) is 0 Å². The van der Waals surface area contributed by atoms with E-state index in [1.807, 2.05) is 0 Å². The number of nitrogens with one attached hydrogen (secondary N) is 1. The van der Waals surface area contributed by atoms with E-state index in [1.165, 1.54) is 18.3 Å². The van der Waals surface area contributed by atoms with Crippen molar-refractivity contribution in [2.75, 3.05) is 26.7 Å². The van der Waals surface area contributed by atoms with Gasteiger partial charge in [-0.3, -0.25) is 4.79 Å². The number of carbonyl (C=O) groups is 1. The van der Waals surface area contributed by atoms with E-state index >= 15 is 0 Å². The second-order valence-electron chi connectivity index (χ2n) is 5.64. The molecule has 1 saturated heterocycles. The van der Waals surface area contributed by atoms with Crippen molar-refractivity contribution in [3.8, 4) is 0 Å². The molecule has 1 heterocycles. The predicted octanol–water partition coefficient (Wildman–Crippen LogP) is 0.588. The zero-order valence-electron chi connectivity index (χ0n) is 12.8. The molecule has 0 aromatic carbocycles. The van der Waals surface area contributed by atoms with Crippen molar-refractivity contribution in [2.24, 2.45) is 5.92 Å². The van der Waals surface area contributed by atoms with Crippen LogP contribution in [-0.4, -0.2) is 56.7 Å². The van der Waals surface area contributed by atoms with Crippen LogP contribution in [0.2, 0.25) is 0 Å². The summed E-state index contributed by atoms with van der Waals surface area (Å²) in [6.45, 7) is 7.28. The van der Waals surface area contributed by atoms with E-state index in [1.54, 1.807) is 0 Å². The van der Waals surface area contributed by atoms with Gasteiger partial charge in [-0.25, -0.2) is 12.7 Å². The first kappa shape index (κ1) is 17.4. The van der Waals surface area contributed by atoms with E-state index in [9.17, 15) is 13.2 Å². The van der Waals surface area contributed by atoms with E-state index in [4.69, 9.17) is 0 Å². The van der Waals surface area contributed by atoms with Gasteiger partial charge in [-0.05, 0) is 32.2 Å². The molecule has 0 aliphatic carbocycles. The van der Waals surface area contributed by atoms with Crippen molar-refractivity contribution in [3.63, 3.8) is 0 Å². The van der Waals surface area contributed by atoms with Gasteiger partial charge in [0.05, 0.1) is 7.11 Å². The van der Waals surface area contributed by atoms with Crippen molar-refractivity contribution < 1.29 is 17.9 Å². The molecule has 0 radical (unpaired) electrons. The van der Waals surface area contributed by atoms with Crippen molar-refractivity contribution >= 4 is 16.0 Å². The molecule has 1 N–H and O–H groups in total. The third-order valence-corrected chi connectivity index (χ3v) is 5.77. The first-order valence-corrected chi connectivity index (χ1v) is 8.59. The first-order valence-electron chi connectivity index (χ1n) is 7.09. The van der Waals surface area contributed by atoms with E-state index in [0.717, 1.165) is 19.4 Å². The fraction of sp³-hybridized carbons (Fsp3) is 0.923. The molecule has 0 saturated carbocycles. The number of carbonyl (C=O) groups excluding carboxylic acids is 1. The molecule has 6 nitrogen and oxygen atoms in total. The predicted molar refractivity (Wildman–Crippen MR) is 77.8 cm³/mol. The summed E-state index contributed by atoms with van der Waals surface area (Å²) in [6, 6.07) is 0.385. The Hall–Kier alpha value is -0.660. The average molecular weight is 306 g/mol. The van der Waals surface area contributed by atoms with Gasteiger partial charge in [-0.2, -0.15) is 0 Å². The van der Waals surface area contributed by atoms with Gasteiger partial charge < -0.3 is 10.1 Å². The third-order valence-electron chi connectivity index (χ3n) is 3.64. The Morgan fingerprint density at radius 2 is 2.05 bits per heavy atom. The number of ether oxygens (including phenoxy) is 1. The number of esters is 1. The van der Waals surface area contributed by atoms with Crippen LogP contribution in [-0.2, 0) is 19.6 Å². The number of sulfonamides is 1. The lowest BCUT2D eigenvalue weighted by Crippen LogP contribution is -2.48. The maximum atomic E-state index is 12.4. The van der Waals surface area contributed by atoms with Crippen molar-refractivity contribution in [3.05, 3.63) is 0 Å². The van der Waals surface area contributed by atoms with Crippen LogP contribution in [0.5, 0.6) is 0 Å². The normalized spacial score (nSPS) is 22.8. The number of hydrogen-bond acceptors (Lipinski definition) is 5. The van der Waals surface area contributed by atoms with Gasteiger partial charge in [0.1, 0.15) is 0 Å². The Labute approximate surface area is 121 Å². The summed E-state index contributed by atoms with van der Waals surface area (Å²) in [5.74, 6) is -0.404. The van der Waals surface area contributed by atoms with Crippen LogP contribution in [0, 0.1) is 5.92 Å². The lowest BCUT2D eigenvalue weighted by atomic mass is 9.99. The molecule has 0 spiro atoms. The highest BCUT2D eigenvalue weighted by atomic mass is 32.2. The standard InChI is InChI=1S/C13H26N2O4S/c1-10(2)14-8-12-6-5-7-15(9-12)20(17,18)11(3)13(16)19-4/h10-12,14H,5-9H2,1-4H3. The molecule has 118 valence electrons. The summed E-state index contributed by atoms with van der Waals surface area (Å²) < 4.78 is 30.7. The maximum absolute atomic E-state index is 12.4. The molecule has 2 unspecified atom stereocenters. The number of rotatable bonds is 6. The molecule has 1 aliphatic heterocycles. The van der Waals surface area contributed by atoms with E-state index in [2.05, 4.69) is 23.9 Å². The van der Waals surface area contributed by atoms with Crippen LogP contribution in [0.25, 0.3) is 0 Å². The molecule has 1 rings (SSSR count). The van der Waals surface area contributed by atoms with Gasteiger partial charge in [0, 0.05) is 19.1 Å². The van der Waals surface area contributed by atoms with E-state index in [0.29, 0.717) is 25.0 Å². The second kappa shape index (κ2) is 7.38. The van der Waals surface area contributed by atoms with Crippen LogP contribution in [0.4, 0.5) is 0 Å². The SMILES string of the molecule is COC(=O)C(C)S(=O)(=O)N1CCCC(CNC(C)C)C1. The quantitative estimate of drug-likeness (QED) is 0.727. The van der Waals surface area contributed by atoms with Crippen molar-refractivity contribution in [1.82, 2.24) is 9.62 Å². The molecule has 0 amide bonds. The molecule has 0 aromatic heterocycles. The Kier molecular flexibility index (Phi) is 6.42. The lowest BCUT2D eigenvalue weighted by Gasteiger charge is -2.33. The fourth-order valence-electron chi connectivity index (χ4n) is 2.34. The lowest BCUT2D eigenvalue weighted by molar-refractivity contribution is -0.139.